The zero-order chi connectivity index (χ0) is 24.9. The van der Waals surface area contributed by atoms with Crippen molar-refractivity contribution in [1.82, 2.24) is 4.98 Å². The first-order chi connectivity index (χ1) is 16.9. The van der Waals surface area contributed by atoms with E-state index in [9.17, 15) is 14.4 Å². The summed E-state index contributed by atoms with van der Waals surface area (Å²) in [5, 5.41) is 2.72. The fourth-order valence-electron chi connectivity index (χ4n) is 3.38. The first-order valence-electron chi connectivity index (χ1n) is 10.3. The molecule has 0 fully saturated rings. The van der Waals surface area contributed by atoms with E-state index in [4.69, 9.17) is 13.9 Å². The van der Waals surface area contributed by atoms with E-state index in [0.717, 1.165) is 10.0 Å². The number of anilines is 1. The maximum atomic E-state index is 13.2. The van der Waals surface area contributed by atoms with E-state index >= 15 is 0 Å². The van der Waals surface area contributed by atoms with Crippen LogP contribution in [0.5, 0.6) is 0 Å². The van der Waals surface area contributed by atoms with Gasteiger partial charge in [-0.2, -0.15) is 0 Å². The maximum Gasteiger partial charge on any atom is 0.337 e. The third kappa shape index (κ3) is 5.30. The Hall–Kier alpha value is -4.24. The Morgan fingerprint density at radius 3 is 2.14 bits per heavy atom. The molecule has 0 spiro atoms. The number of nitrogens with one attached hydrogen (secondary N) is 1. The molecule has 0 saturated heterocycles. The monoisotopic (exact) mass is 534 g/mol. The molecule has 0 aliphatic heterocycles. The van der Waals surface area contributed by atoms with Crippen LogP contribution in [0, 0.1) is 0 Å². The van der Waals surface area contributed by atoms with Gasteiger partial charge in [-0.15, -0.1) is 0 Å². The molecule has 0 aliphatic rings. The van der Waals surface area contributed by atoms with E-state index in [1.807, 2.05) is 24.3 Å². The third-order valence-electron chi connectivity index (χ3n) is 5.07. The van der Waals surface area contributed by atoms with Crippen molar-refractivity contribution < 1.29 is 28.3 Å². The lowest BCUT2D eigenvalue weighted by molar-refractivity contribution is 0.0599. The van der Waals surface area contributed by atoms with E-state index < -0.39 is 17.8 Å². The van der Waals surface area contributed by atoms with E-state index in [1.165, 1.54) is 32.4 Å². The van der Waals surface area contributed by atoms with Crippen LogP contribution < -0.4 is 5.32 Å². The van der Waals surface area contributed by atoms with Gasteiger partial charge in [-0.1, -0.05) is 40.2 Å². The Bertz CT molecular complexity index is 1380. The molecule has 1 amide bonds. The number of esters is 2. The van der Waals surface area contributed by atoms with Crippen molar-refractivity contribution in [2.75, 3.05) is 19.5 Å². The van der Waals surface area contributed by atoms with Crippen molar-refractivity contribution in [1.29, 1.82) is 0 Å². The van der Waals surface area contributed by atoms with Gasteiger partial charge in [0.2, 0.25) is 5.89 Å². The number of rotatable bonds is 6. The lowest BCUT2D eigenvalue weighted by Gasteiger charge is -2.11. The number of aromatic nitrogens is 1. The predicted molar refractivity (Wildman–Crippen MR) is 132 cm³/mol. The van der Waals surface area contributed by atoms with Crippen LogP contribution in [0.4, 0.5) is 5.69 Å². The summed E-state index contributed by atoms with van der Waals surface area (Å²) in [5.74, 6) is -0.982. The van der Waals surface area contributed by atoms with E-state index in [2.05, 4.69) is 26.2 Å². The third-order valence-corrected chi connectivity index (χ3v) is 5.60. The van der Waals surface area contributed by atoms with Crippen LogP contribution in [0.1, 0.15) is 31.1 Å². The van der Waals surface area contributed by atoms with Gasteiger partial charge in [0, 0.05) is 21.3 Å². The first-order valence-corrected chi connectivity index (χ1v) is 11.1. The molecular weight excluding hydrogens is 516 g/mol. The van der Waals surface area contributed by atoms with Crippen LogP contribution in [-0.4, -0.2) is 37.0 Å². The second kappa shape index (κ2) is 10.4. The minimum absolute atomic E-state index is 0.0887. The van der Waals surface area contributed by atoms with Gasteiger partial charge >= 0.3 is 11.9 Å². The van der Waals surface area contributed by atoms with E-state index in [1.54, 1.807) is 30.5 Å². The molecule has 3 aromatic carbocycles. The van der Waals surface area contributed by atoms with Gasteiger partial charge in [0.1, 0.15) is 0 Å². The van der Waals surface area contributed by atoms with Gasteiger partial charge in [-0.25, -0.2) is 14.6 Å². The standard InChI is InChI=1S/C26H19BrN2O6/c1-33-25(31)16-11-17(26(32)34-2)13-19(12-16)29-23(30)20-5-3-4-6-21(20)24-28-14-22(35-24)15-7-9-18(27)10-8-15/h3-14H,1-2H3,(H,29,30). The van der Waals surface area contributed by atoms with Gasteiger partial charge < -0.3 is 19.2 Å². The van der Waals surface area contributed by atoms with Gasteiger partial charge in [0.05, 0.1) is 37.1 Å². The molecule has 0 saturated carbocycles. The summed E-state index contributed by atoms with van der Waals surface area (Å²) in [6.07, 6.45) is 1.59. The number of amides is 1. The number of hydrogen-bond acceptors (Lipinski definition) is 7. The number of carbonyl (C=O) groups is 3. The van der Waals surface area contributed by atoms with Crippen LogP contribution in [0.3, 0.4) is 0 Å². The molecule has 0 aliphatic carbocycles. The Morgan fingerprint density at radius 1 is 0.886 bits per heavy atom. The molecule has 1 N–H and O–H groups in total. The van der Waals surface area contributed by atoms with Gasteiger partial charge in [0.15, 0.2) is 5.76 Å². The van der Waals surface area contributed by atoms with Gasteiger partial charge in [0.25, 0.3) is 5.91 Å². The molecule has 35 heavy (non-hydrogen) atoms. The van der Waals surface area contributed by atoms with E-state index in [0.29, 0.717) is 16.9 Å². The highest BCUT2D eigenvalue weighted by Gasteiger charge is 2.19. The Morgan fingerprint density at radius 2 is 1.51 bits per heavy atom. The molecule has 176 valence electrons. The molecule has 1 aromatic heterocycles. The average Bonchev–Trinajstić information content (AvgIpc) is 3.38. The fourth-order valence-corrected chi connectivity index (χ4v) is 3.65. The number of ether oxygens (including phenoxy) is 2. The topological polar surface area (TPSA) is 108 Å². The summed E-state index contributed by atoms with van der Waals surface area (Å²) in [5.41, 5.74) is 2.00. The zero-order valence-electron chi connectivity index (χ0n) is 18.7. The minimum Gasteiger partial charge on any atom is -0.465 e. The number of halogens is 1. The smallest absolute Gasteiger partial charge is 0.337 e. The summed E-state index contributed by atoms with van der Waals surface area (Å²) < 4.78 is 16.4. The molecule has 4 rings (SSSR count). The van der Waals surface area contributed by atoms with Crippen molar-refractivity contribution in [3.8, 4) is 22.8 Å². The number of benzene rings is 3. The minimum atomic E-state index is -0.660. The molecule has 0 atom stereocenters. The molecule has 0 unspecified atom stereocenters. The summed E-state index contributed by atoms with van der Waals surface area (Å²) in [6.45, 7) is 0. The Kier molecular flexibility index (Phi) is 7.07. The largest absolute Gasteiger partial charge is 0.465 e. The van der Waals surface area contributed by atoms with Gasteiger partial charge in [-0.3, -0.25) is 4.79 Å². The van der Waals surface area contributed by atoms with Crippen LogP contribution in [-0.2, 0) is 9.47 Å². The molecule has 1 heterocycles. The molecule has 8 nitrogen and oxygen atoms in total. The summed E-state index contributed by atoms with van der Waals surface area (Å²) in [7, 11) is 2.45. The fraction of sp³-hybridized carbons (Fsp3) is 0.0769. The highest BCUT2D eigenvalue weighted by molar-refractivity contribution is 9.10. The van der Waals surface area contributed by atoms with E-state index in [-0.39, 0.29) is 22.7 Å². The lowest BCUT2D eigenvalue weighted by atomic mass is 10.1. The quantitative estimate of drug-likeness (QED) is 0.321. The van der Waals surface area contributed by atoms with Crippen LogP contribution in [0.15, 0.2) is 81.8 Å². The number of carbonyl (C=O) groups excluding carboxylic acids is 3. The Labute approximate surface area is 209 Å². The molecule has 9 heteroatoms. The molecule has 4 aromatic rings. The van der Waals surface area contributed by atoms with Crippen LogP contribution in [0.2, 0.25) is 0 Å². The number of hydrogen-bond donors (Lipinski definition) is 1. The van der Waals surface area contributed by atoms with Crippen molar-refractivity contribution in [3.05, 3.63) is 94.1 Å². The number of nitrogens with zero attached hydrogens (tertiary/aromatic N) is 1. The highest BCUT2D eigenvalue weighted by atomic mass is 79.9. The van der Waals surface area contributed by atoms with Crippen LogP contribution >= 0.6 is 15.9 Å². The van der Waals surface area contributed by atoms with Crippen molar-refractivity contribution >= 4 is 39.5 Å². The normalized spacial score (nSPS) is 10.5. The number of oxazole rings is 1. The van der Waals surface area contributed by atoms with Crippen molar-refractivity contribution in [2.24, 2.45) is 0 Å². The molecule has 0 radical (unpaired) electrons. The Balaban J connectivity index is 1.66. The molecular formula is C26H19BrN2O6. The van der Waals surface area contributed by atoms with Crippen molar-refractivity contribution in [3.63, 3.8) is 0 Å². The van der Waals surface area contributed by atoms with Crippen molar-refractivity contribution in [2.45, 2.75) is 0 Å². The van der Waals surface area contributed by atoms with Crippen LogP contribution in [0.25, 0.3) is 22.8 Å². The molecule has 0 bridgehead atoms. The summed E-state index contributed by atoms with van der Waals surface area (Å²) in [6, 6.07) is 18.5. The second-order valence-electron chi connectivity index (χ2n) is 7.32. The van der Waals surface area contributed by atoms with Gasteiger partial charge in [-0.05, 0) is 42.5 Å². The lowest BCUT2D eigenvalue weighted by Crippen LogP contribution is -2.15. The predicted octanol–water partition coefficient (Wildman–Crippen LogP) is 5.60. The second-order valence-corrected chi connectivity index (χ2v) is 8.23. The highest BCUT2D eigenvalue weighted by Crippen LogP contribution is 2.29. The SMILES string of the molecule is COC(=O)c1cc(NC(=O)c2ccccc2-c2ncc(-c3ccc(Br)cc3)o2)cc(C(=O)OC)c1. The first kappa shape index (κ1) is 23.9. The zero-order valence-corrected chi connectivity index (χ0v) is 20.3. The average molecular weight is 535 g/mol. The summed E-state index contributed by atoms with van der Waals surface area (Å²) >= 11 is 3.40. The maximum absolute atomic E-state index is 13.2. The summed E-state index contributed by atoms with van der Waals surface area (Å²) in [4.78, 5) is 41.7. The number of methoxy groups -OCH3 is 2.